The van der Waals surface area contributed by atoms with Crippen LogP contribution < -0.4 is 15.5 Å². The highest BCUT2D eigenvalue weighted by Crippen LogP contribution is 2.26. The van der Waals surface area contributed by atoms with E-state index in [0.29, 0.717) is 25.6 Å². The van der Waals surface area contributed by atoms with E-state index in [2.05, 4.69) is 36.5 Å². The summed E-state index contributed by atoms with van der Waals surface area (Å²) < 4.78 is 1.81. The number of aromatic nitrogens is 4. The van der Waals surface area contributed by atoms with Crippen molar-refractivity contribution >= 4 is 46.1 Å². The topological polar surface area (TPSA) is 105 Å². The van der Waals surface area contributed by atoms with Crippen LogP contribution >= 0.6 is 11.8 Å². The lowest BCUT2D eigenvalue weighted by molar-refractivity contribution is -0.126. The van der Waals surface area contributed by atoms with E-state index < -0.39 is 0 Å². The molecule has 1 aliphatic rings. The Bertz CT molecular complexity index is 1210. The Balaban J connectivity index is 1.39. The number of anilines is 2. The van der Waals surface area contributed by atoms with E-state index in [4.69, 9.17) is 9.97 Å². The zero-order chi connectivity index (χ0) is 25.7. The van der Waals surface area contributed by atoms with Crippen molar-refractivity contribution in [3.05, 3.63) is 36.0 Å². The molecule has 1 saturated heterocycles. The van der Waals surface area contributed by atoms with Crippen LogP contribution in [-0.4, -0.2) is 56.9 Å². The van der Waals surface area contributed by atoms with E-state index >= 15 is 0 Å². The molecule has 0 spiro atoms. The first-order chi connectivity index (χ1) is 17.4. The molecule has 2 N–H and O–H groups in total. The summed E-state index contributed by atoms with van der Waals surface area (Å²) in [4.78, 5) is 36.5. The number of nitrogens with one attached hydrogen (secondary N) is 2. The summed E-state index contributed by atoms with van der Waals surface area (Å²) in [5, 5.41) is 12.5. The van der Waals surface area contributed by atoms with Gasteiger partial charge in [-0.25, -0.2) is 14.6 Å². The minimum absolute atomic E-state index is 0.0210. The van der Waals surface area contributed by atoms with Gasteiger partial charge in [-0.1, -0.05) is 50.2 Å². The number of aryl methyl sites for hydroxylation is 1. The van der Waals surface area contributed by atoms with Crippen molar-refractivity contribution in [3.63, 3.8) is 0 Å². The van der Waals surface area contributed by atoms with Crippen molar-refractivity contribution in [1.29, 1.82) is 0 Å². The summed E-state index contributed by atoms with van der Waals surface area (Å²) in [5.74, 6) is 1.73. The lowest BCUT2D eigenvalue weighted by Gasteiger charge is -2.17. The average molecular weight is 510 g/mol. The van der Waals surface area contributed by atoms with Gasteiger partial charge in [0.25, 0.3) is 0 Å². The van der Waals surface area contributed by atoms with E-state index in [1.165, 1.54) is 0 Å². The van der Waals surface area contributed by atoms with Crippen LogP contribution in [0.15, 0.2) is 35.6 Å². The van der Waals surface area contributed by atoms with Crippen LogP contribution in [0.5, 0.6) is 0 Å². The van der Waals surface area contributed by atoms with Crippen molar-refractivity contribution in [1.82, 2.24) is 25.1 Å². The smallest absolute Gasteiger partial charge is 0.227 e. The zero-order valence-corrected chi connectivity index (χ0v) is 22.3. The van der Waals surface area contributed by atoms with Crippen LogP contribution in [0.1, 0.15) is 39.2 Å². The number of fused-ring (bicyclic) bond motifs is 1. The standard InChI is InChI=1S/C26H35N7O2S/c1-5-12-36-26-30-23(28-14-17(2)3)21-15-29-33(24(21)31-26)11-10-27-25(35)19-13-22(34)32(16-19)20-8-6-18(4)7-9-20/h6-9,15,17,19H,5,10-14,16H2,1-4H3,(H,27,35)(H,28,30,31). The van der Waals surface area contributed by atoms with E-state index in [1.807, 2.05) is 35.9 Å². The molecule has 3 aromatic rings. The summed E-state index contributed by atoms with van der Waals surface area (Å²) in [7, 11) is 0. The molecule has 9 nitrogen and oxygen atoms in total. The molecule has 1 aromatic carbocycles. The molecule has 2 aromatic heterocycles. The third-order valence-electron chi connectivity index (χ3n) is 6.05. The zero-order valence-electron chi connectivity index (χ0n) is 21.5. The molecule has 1 aliphatic heterocycles. The third kappa shape index (κ3) is 6.16. The number of carbonyl (C=O) groups is 2. The van der Waals surface area contributed by atoms with Crippen molar-refractivity contribution in [2.45, 2.75) is 52.2 Å². The summed E-state index contributed by atoms with van der Waals surface area (Å²) in [6, 6.07) is 7.80. The van der Waals surface area contributed by atoms with Gasteiger partial charge in [0, 0.05) is 37.5 Å². The van der Waals surface area contributed by atoms with Gasteiger partial charge in [0.1, 0.15) is 5.82 Å². The molecule has 0 saturated carbocycles. The predicted molar refractivity (Wildman–Crippen MR) is 144 cm³/mol. The fourth-order valence-electron chi connectivity index (χ4n) is 4.08. The minimum Gasteiger partial charge on any atom is -0.369 e. The van der Waals surface area contributed by atoms with Crippen LogP contribution in [0.3, 0.4) is 0 Å². The molecule has 0 aliphatic carbocycles. The molecule has 4 rings (SSSR count). The Morgan fingerprint density at radius 2 is 2.00 bits per heavy atom. The van der Waals surface area contributed by atoms with Crippen LogP contribution in [-0.2, 0) is 16.1 Å². The summed E-state index contributed by atoms with van der Waals surface area (Å²) in [6.45, 7) is 10.5. The predicted octanol–water partition coefficient (Wildman–Crippen LogP) is 3.87. The highest BCUT2D eigenvalue weighted by atomic mass is 32.2. The van der Waals surface area contributed by atoms with Crippen molar-refractivity contribution in [2.24, 2.45) is 11.8 Å². The molecule has 10 heteroatoms. The fourth-order valence-corrected chi connectivity index (χ4v) is 4.77. The summed E-state index contributed by atoms with van der Waals surface area (Å²) >= 11 is 1.63. The monoisotopic (exact) mass is 509 g/mol. The molecule has 36 heavy (non-hydrogen) atoms. The van der Waals surface area contributed by atoms with Gasteiger partial charge in [0.05, 0.1) is 24.0 Å². The Morgan fingerprint density at radius 3 is 2.72 bits per heavy atom. The average Bonchev–Trinajstić information content (AvgIpc) is 3.45. The summed E-state index contributed by atoms with van der Waals surface area (Å²) in [5.41, 5.74) is 2.72. The third-order valence-corrected chi connectivity index (χ3v) is 7.11. The number of amides is 2. The Labute approximate surface area is 216 Å². The molecule has 192 valence electrons. The molecule has 1 unspecified atom stereocenters. The largest absolute Gasteiger partial charge is 0.369 e. The first kappa shape index (κ1) is 25.9. The number of benzene rings is 1. The lowest BCUT2D eigenvalue weighted by Crippen LogP contribution is -2.35. The van der Waals surface area contributed by atoms with Gasteiger partial charge in [0.2, 0.25) is 11.8 Å². The van der Waals surface area contributed by atoms with Gasteiger partial charge in [-0.3, -0.25) is 9.59 Å². The Kier molecular flexibility index (Phi) is 8.45. The molecule has 0 bridgehead atoms. The molecule has 1 atom stereocenters. The molecule has 1 fully saturated rings. The number of thioether (sulfide) groups is 1. The SMILES string of the molecule is CCCSc1nc(NCC(C)C)c2cnn(CCNC(=O)C3CC(=O)N(c4ccc(C)cc4)C3)c2n1. The van der Waals surface area contributed by atoms with Crippen molar-refractivity contribution < 1.29 is 9.59 Å². The minimum atomic E-state index is -0.362. The van der Waals surface area contributed by atoms with Gasteiger partial charge in [0.15, 0.2) is 10.8 Å². The molecular weight excluding hydrogens is 474 g/mol. The second-order valence-electron chi connectivity index (χ2n) is 9.61. The van der Waals surface area contributed by atoms with Crippen LogP contribution in [0.2, 0.25) is 0 Å². The maximum Gasteiger partial charge on any atom is 0.227 e. The van der Waals surface area contributed by atoms with E-state index in [-0.39, 0.29) is 24.2 Å². The van der Waals surface area contributed by atoms with Crippen LogP contribution in [0, 0.1) is 18.8 Å². The van der Waals surface area contributed by atoms with E-state index in [1.54, 1.807) is 22.9 Å². The number of carbonyl (C=O) groups excluding carboxylic acids is 2. The quantitative estimate of drug-likeness (QED) is 0.299. The van der Waals surface area contributed by atoms with Crippen molar-refractivity contribution in [3.8, 4) is 0 Å². The summed E-state index contributed by atoms with van der Waals surface area (Å²) in [6.07, 6.45) is 3.04. The van der Waals surface area contributed by atoms with E-state index in [9.17, 15) is 9.59 Å². The maximum atomic E-state index is 12.8. The van der Waals surface area contributed by atoms with Gasteiger partial charge >= 0.3 is 0 Å². The Hall–Kier alpha value is -3.14. The molecular formula is C26H35N7O2S. The first-order valence-electron chi connectivity index (χ1n) is 12.6. The van der Waals surface area contributed by atoms with Gasteiger partial charge in [-0.15, -0.1) is 0 Å². The fraction of sp³-hybridized carbons (Fsp3) is 0.500. The number of hydrogen-bond donors (Lipinski definition) is 2. The second-order valence-corrected chi connectivity index (χ2v) is 10.7. The van der Waals surface area contributed by atoms with Gasteiger partial charge < -0.3 is 15.5 Å². The number of nitrogens with zero attached hydrogens (tertiary/aromatic N) is 5. The molecule has 0 radical (unpaired) electrons. The second kappa shape index (κ2) is 11.7. The van der Waals surface area contributed by atoms with Crippen molar-refractivity contribution in [2.75, 3.05) is 35.6 Å². The maximum absolute atomic E-state index is 12.8. The van der Waals surface area contributed by atoms with Crippen LogP contribution in [0.4, 0.5) is 11.5 Å². The van der Waals surface area contributed by atoms with Gasteiger partial charge in [-0.05, 0) is 31.4 Å². The van der Waals surface area contributed by atoms with E-state index in [0.717, 1.165) is 52.0 Å². The van der Waals surface area contributed by atoms with Crippen LogP contribution in [0.25, 0.3) is 11.0 Å². The highest BCUT2D eigenvalue weighted by Gasteiger charge is 2.35. The first-order valence-corrected chi connectivity index (χ1v) is 13.6. The molecule has 2 amide bonds. The highest BCUT2D eigenvalue weighted by molar-refractivity contribution is 7.99. The molecule has 3 heterocycles. The van der Waals surface area contributed by atoms with Gasteiger partial charge in [-0.2, -0.15) is 5.10 Å². The normalized spacial score (nSPS) is 15.8. The number of hydrogen-bond acceptors (Lipinski definition) is 7. The lowest BCUT2D eigenvalue weighted by atomic mass is 10.1. The number of rotatable bonds is 11. The Morgan fingerprint density at radius 1 is 1.22 bits per heavy atom.